The number of carboxylic acids is 1. The number of thiophene rings is 1. The number of rotatable bonds is 14. The molecule has 0 bridgehead atoms. The summed E-state index contributed by atoms with van der Waals surface area (Å²) in [6.07, 6.45) is 2.97. The predicted molar refractivity (Wildman–Crippen MR) is 152 cm³/mol. The van der Waals surface area contributed by atoms with Gasteiger partial charge in [-0.2, -0.15) is 0 Å². The van der Waals surface area contributed by atoms with E-state index in [0.717, 1.165) is 35.3 Å². The Morgan fingerprint density at radius 1 is 1.03 bits per heavy atom. The van der Waals surface area contributed by atoms with E-state index in [-0.39, 0.29) is 16.4 Å². The van der Waals surface area contributed by atoms with E-state index in [1.807, 2.05) is 24.3 Å². The van der Waals surface area contributed by atoms with Gasteiger partial charge in [0, 0.05) is 21.9 Å². The van der Waals surface area contributed by atoms with E-state index in [2.05, 4.69) is 5.32 Å². The van der Waals surface area contributed by atoms with Gasteiger partial charge in [0.25, 0.3) is 5.91 Å². The Morgan fingerprint density at radius 3 is 2.39 bits per heavy atom. The highest BCUT2D eigenvalue weighted by Crippen LogP contribution is 2.22. The van der Waals surface area contributed by atoms with Crippen molar-refractivity contribution in [3.63, 3.8) is 0 Å². The third-order valence-corrected chi connectivity index (χ3v) is 9.30. The van der Waals surface area contributed by atoms with Crippen LogP contribution in [0.4, 0.5) is 0 Å². The largest absolute Gasteiger partial charge is 0.481 e. The molecule has 0 aliphatic carbocycles. The molecule has 3 rings (SSSR count). The third kappa shape index (κ3) is 9.27. The first kappa shape index (κ1) is 29.9. The second-order valence-electron chi connectivity index (χ2n) is 8.71. The number of aliphatic carboxylic acids is 1. The molecule has 2 N–H and O–H groups in total. The van der Waals surface area contributed by atoms with Gasteiger partial charge in [-0.3, -0.25) is 14.4 Å². The number of carbonyl (C=O) groups excluding carboxylic acids is 2. The normalized spacial score (nSPS) is 12.2. The Morgan fingerprint density at radius 2 is 1.74 bits per heavy atom. The minimum Gasteiger partial charge on any atom is -0.481 e. The maximum absolute atomic E-state index is 12.8. The molecule has 0 unspecified atom stereocenters. The van der Waals surface area contributed by atoms with Gasteiger partial charge in [0.1, 0.15) is 0 Å². The van der Waals surface area contributed by atoms with Crippen LogP contribution in [0.1, 0.15) is 38.5 Å². The van der Waals surface area contributed by atoms with Crippen LogP contribution in [0.5, 0.6) is 0 Å². The highest BCUT2D eigenvalue weighted by molar-refractivity contribution is 7.99. The summed E-state index contributed by atoms with van der Waals surface area (Å²) in [6, 6.07) is 16.5. The van der Waals surface area contributed by atoms with Crippen molar-refractivity contribution in [2.75, 3.05) is 12.0 Å². The Bertz CT molecular complexity index is 1390. The highest BCUT2D eigenvalue weighted by atomic mass is 35.5. The molecule has 7 nitrogen and oxygen atoms in total. The number of carboxylic acid groups (broad SMARTS) is 1. The monoisotopic (exact) mass is 593 g/mol. The van der Waals surface area contributed by atoms with Gasteiger partial charge in [0.05, 0.1) is 28.0 Å². The number of carbonyl (C=O) groups is 3. The summed E-state index contributed by atoms with van der Waals surface area (Å²) in [5.74, 6) is -1.47. The lowest BCUT2D eigenvalue weighted by atomic mass is 10.1. The number of amides is 1. The molecular formula is C27H28ClNO6S3. The molecular weight excluding hydrogens is 566 g/mol. The first-order valence-electron chi connectivity index (χ1n) is 11.8. The topological polar surface area (TPSA) is 118 Å². The lowest BCUT2D eigenvalue weighted by Gasteiger charge is -2.15. The molecule has 1 heterocycles. The van der Waals surface area contributed by atoms with E-state index in [1.54, 1.807) is 36.4 Å². The summed E-state index contributed by atoms with van der Waals surface area (Å²) >= 11 is 8.76. The molecule has 2 aromatic carbocycles. The van der Waals surface area contributed by atoms with Gasteiger partial charge in [-0.1, -0.05) is 41.9 Å². The van der Waals surface area contributed by atoms with Gasteiger partial charge in [-0.25, -0.2) is 8.42 Å². The third-order valence-electron chi connectivity index (χ3n) is 5.66. The second kappa shape index (κ2) is 13.9. The number of nitrogens with one attached hydrogen (secondary N) is 1. The Labute approximate surface area is 235 Å². The summed E-state index contributed by atoms with van der Waals surface area (Å²) in [5.41, 5.74) is 1.90. The molecule has 0 fully saturated rings. The van der Waals surface area contributed by atoms with Crippen LogP contribution < -0.4 is 5.32 Å². The van der Waals surface area contributed by atoms with Crippen molar-refractivity contribution >= 4 is 62.2 Å². The zero-order chi connectivity index (χ0) is 27.7. The van der Waals surface area contributed by atoms with Gasteiger partial charge in [0.15, 0.2) is 15.6 Å². The van der Waals surface area contributed by atoms with Gasteiger partial charge in [-0.15, -0.1) is 23.1 Å². The van der Waals surface area contributed by atoms with E-state index in [0.29, 0.717) is 15.7 Å². The average molecular weight is 594 g/mol. The molecule has 1 atom stereocenters. The minimum atomic E-state index is -3.22. The Kier molecular flexibility index (Phi) is 11.0. The lowest BCUT2D eigenvalue weighted by Crippen LogP contribution is -2.43. The summed E-state index contributed by atoms with van der Waals surface area (Å²) in [5, 5.41) is 12.4. The maximum atomic E-state index is 12.8. The van der Waals surface area contributed by atoms with Gasteiger partial charge in [0.2, 0.25) is 0 Å². The van der Waals surface area contributed by atoms with Crippen LogP contribution in [0, 0.1) is 0 Å². The van der Waals surface area contributed by atoms with Crippen molar-refractivity contribution < 1.29 is 27.9 Å². The van der Waals surface area contributed by atoms with Crippen LogP contribution in [0.2, 0.25) is 5.02 Å². The van der Waals surface area contributed by atoms with E-state index in [9.17, 15) is 27.9 Å². The van der Waals surface area contributed by atoms with Crippen molar-refractivity contribution in [3.05, 3.63) is 86.6 Å². The molecule has 3 aromatic rings. The second-order valence-corrected chi connectivity index (χ2v) is 13.3. The van der Waals surface area contributed by atoms with Crippen LogP contribution >= 0.6 is 34.7 Å². The molecule has 1 aromatic heterocycles. The summed E-state index contributed by atoms with van der Waals surface area (Å²) in [6.45, 7) is 0. The smallest absolute Gasteiger partial charge is 0.305 e. The Hall–Kier alpha value is -2.66. The van der Waals surface area contributed by atoms with Crippen LogP contribution in [-0.4, -0.2) is 49.2 Å². The molecule has 202 valence electrons. The number of hydrogen-bond donors (Lipinski definition) is 2. The van der Waals surface area contributed by atoms with Gasteiger partial charge >= 0.3 is 5.97 Å². The van der Waals surface area contributed by atoms with Crippen molar-refractivity contribution in [1.82, 2.24) is 5.32 Å². The van der Waals surface area contributed by atoms with Gasteiger partial charge < -0.3 is 10.4 Å². The van der Waals surface area contributed by atoms with E-state index < -0.39 is 34.2 Å². The fourth-order valence-corrected chi connectivity index (χ4v) is 6.47. The molecule has 11 heteroatoms. The Balaban J connectivity index is 1.51. The highest BCUT2D eigenvalue weighted by Gasteiger charge is 2.24. The van der Waals surface area contributed by atoms with Crippen LogP contribution in [0.15, 0.2) is 65.6 Å². The van der Waals surface area contributed by atoms with Crippen molar-refractivity contribution in [1.29, 1.82) is 0 Å². The molecule has 38 heavy (non-hydrogen) atoms. The fraction of sp³-hybridized carbons (Fsp3) is 0.296. The first-order valence-corrected chi connectivity index (χ1v) is 16.0. The molecule has 0 radical (unpaired) electrons. The molecule has 0 saturated carbocycles. The molecule has 0 saturated heterocycles. The zero-order valence-electron chi connectivity index (χ0n) is 20.7. The quantitative estimate of drug-likeness (QED) is 0.268. The van der Waals surface area contributed by atoms with E-state index in [1.165, 1.54) is 29.4 Å². The van der Waals surface area contributed by atoms with Crippen LogP contribution in [-0.2, 0) is 38.0 Å². The fourth-order valence-electron chi connectivity index (χ4n) is 3.63. The van der Waals surface area contributed by atoms with Crippen molar-refractivity contribution in [3.8, 4) is 0 Å². The lowest BCUT2D eigenvalue weighted by molar-refractivity contribution is -0.139. The number of ketones is 1. The maximum Gasteiger partial charge on any atom is 0.305 e. The van der Waals surface area contributed by atoms with E-state index in [4.69, 9.17) is 11.6 Å². The minimum absolute atomic E-state index is 0.0459. The van der Waals surface area contributed by atoms with Gasteiger partial charge in [-0.05, 0) is 60.7 Å². The van der Waals surface area contributed by atoms with Crippen molar-refractivity contribution in [2.24, 2.45) is 0 Å². The number of Topliss-reactive ketones (excluding diaryl/α,β-unsaturated/α-hetero) is 1. The molecule has 0 aliphatic rings. The number of sulfone groups is 1. The number of hydrogen-bond acceptors (Lipinski definition) is 7. The average Bonchev–Trinajstić information content (AvgIpc) is 3.33. The number of halogens is 1. The van der Waals surface area contributed by atoms with Crippen LogP contribution in [0.25, 0.3) is 0 Å². The predicted octanol–water partition coefficient (Wildman–Crippen LogP) is 5.06. The summed E-state index contributed by atoms with van der Waals surface area (Å²) in [7, 11) is -3.22. The zero-order valence-corrected chi connectivity index (χ0v) is 23.9. The number of thioether (sulfide) groups is 1. The molecule has 0 aliphatic heterocycles. The first-order chi connectivity index (χ1) is 18.0. The molecule has 1 amide bonds. The molecule has 0 spiro atoms. The number of benzene rings is 2. The number of aryl methyl sites for hydroxylation is 2. The summed E-state index contributed by atoms with van der Waals surface area (Å²) < 4.78 is 23.2. The van der Waals surface area contributed by atoms with E-state index >= 15 is 0 Å². The van der Waals surface area contributed by atoms with Crippen LogP contribution in [0.3, 0.4) is 0 Å². The SMILES string of the molecule is CS(=O)(=O)c1ccc(CCCc2ccc(C(=O)N[C@@H](CC(=O)O)C(=O)CSCc3ccccc3Cl)s2)cc1. The standard InChI is InChI=1S/C27H28ClNO6S3/c1-38(34,35)21-12-9-18(10-13-21)5-4-7-20-11-14-25(37-20)27(33)29-23(15-26(31)32)24(30)17-36-16-19-6-2-3-8-22(19)28/h2-3,6,8-14,23H,4-5,7,15-17H2,1H3,(H,29,33)(H,31,32)/t23-/m0/s1. The summed E-state index contributed by atoms with van der Waals surface area (Å²) in [4.78, 5) is 38.5. The van der Waals surface area contributed by atoms with Crippen molar-refractivity contribution in [2.45, 2.75) is 42.4 Å².